The number of H-pyrrole nitrogens is 1. The number of hydrogen-bond donors (Lipinski definition) is 1. The number of fused-ring (bicyclic) bond motifs is 1. The van der Waals surface area contributed by atoms with Gasteiger partial charge in [0.05, 0.1) is 23.6 Å². The number of aryl methyl sites for hydroxylation is 2. The summed E-state index contributed by atoms with van der Waals surface area (Å²) in [6, 6.07) is 15.1. The Balaban J connectivity index is 1.28. The fourth-order valence-electron chi connectivity index (χ4n) is 4.18. The first kappa shape index (κ1) is 18.9. The van der Waals surface area contributed by atoms with Gasteiger partial charge in [0.1, 0.15) is 11.6 Å². The van der Waals surface area contributed by atoms with Gasteiger partial charge in [-0.05, 0) is 49.6 Å². The first-order valence-corrected chi connectivity index (χ1v) is 10.5. The van der Waals surface area contributed by atoms with Crippen molar-refractivity contribution in [2.75, 3.05) is 6.54 Å². The van der Waals surface area contributed by atoms with Crippen LogP contribution in [0.4, 0.5) is 4.39 Å². The first-order chi connectivity index (χ1) is 14.7. The molecule has 2 aromatic heterocycles. The van der Waals surface area contributed by atoms with Crippen molar-refractivity contribution in [1.29, 1.82) is 0 Å². The molecule has 1 aliphatic heterocycles. The minimum Gasteiger partial charge on any atom is -0.341 e. The van der Waals surface area contributed by atoms with E-state index in [2.05, 4.69) is 32.2 Å². The van der Waals surface area contributed by atoms with E-state index in [9.17, 15) is 4.39 Å². The summed E-state index contributed by atoms with van der Waals surface area (Å²) >= 11 is 0. The van der Waals surface area contributed by atoms with Gasteiger partial charge in [0.15, 0.2) is 5.82 Å². The molecule has 1 saturated heterocycles. The number of nitrogens with one attached hydrogen (secondary N) is 1. The van der Waals surface area contributed by atoms with Gasteiger partial charge in [-0.15, -0.1) is 0 Å². The molecule has 154 valence electrons. The minimum absolute atomic E-state index is 0.133. The van der Waals surface area contributed by atoms with E-state index < -0.39 is 0 Å². The predicted molar refractivity (Wildman–Crippen MR) is 111 cm³/mol. The highest BCUT2D eigenvalue weighted by molar-refractivity contribution is 5.75. The van der Waals surface area contributed by atoms with E-state index in [4.69, 9.17) is 9.51 Å². The molecule has 1 atom stereocenters. The second-order valence-electron chi connectivity index (χ2n) is 7.86. The number of hydrogen-bond acceptors (Lipinski definition) is 5. The molecule has 4 aromatic rings. The molecule has 0 spiro atoms. The Morgan fingerprint density at radius 3 is 2.87 bits per heavy atom. The van der Waals surface area contributed by atoms with E-state index >= 15 is 0 Å². The normalized spacial score (nSPS) is 17.6. The van der Waals surface area contributed by atoms with Gasteiger partial charge in [-0.2, -0.15) is 4.98 Å². The predicted octanol–water partition coefficient (Wildman–Crippen LogP) is 4.60. The Labute approximate surface area is 174 Å². The van der Waals surface area contributed by atoms with Crippen molar-refractivity contribution in [3.05, 3.63) is 77.5 Å². The molecule has 0 aliphatic carbocycles. The molecular formula is C23H24FN5O. The van der Waals surface area contributed by atoms with Crippen molar-refractivity contribution in [3.63, 3.8) is 0 Å². The third-order valence-electron chi connectivity index (χ3n) is 5.72. The molecule has 3 heterocycles. The summed E-state index contributed by atoms with van der Waals surface area (Å²) in [6.45, 7) is 1.53. The maximum atomic E-state index is 13.5. The van der Waals surface area contributed by atoms with E-state index in [1.807, 2.05) is 18.2 Å². The monoisotopic (exact) mass is 405 g/mol. The third-order valence-corrected chi connectivity index (χ3v) is 5.72. The van der Waals surface area contributed by atoms with Gasteiger partial charge in [0, 0.05) is 6.42 Å². The first-order valence-electron chi connectivity index (χ1n) is 10.5. The van der Waals surface area contributed by atoms with Crippen molar-refractivity contribution < 1.29 is 8.91 Å². The summed E-state index contributed by atoms with van der Waals surface area (Å²) in [5, 5.41) is 4.16. The Hall–Kier alpha value is -3.06. The number of nitrogens with zero attached hydrogens (tertiary/aromatic N) is 4. The highest BCUT2D eigenvalue weighted by Gasteiger charge is 2.28. The van der Waals surface area contributed by atoms with Gasteiger partial charge in [-0.1, -0.05) is 41.9 Å². The van der Waals surface area contributed by atoms with Crippen molar-refractivity contribution >= 4 is 11.0 Å². The fraction of sp³-hybridized carbons (Fsp3) is 0.348. The largest absolute Gasteiger partial charge is 0.341 e. The molecule has 7 heteroatoms. The maximum absolute atomic E-state index is 13.5. The number of benzene rings is 2. The van der Waals surface area contributed by atoms with Gasteiger partial charge in [0.25, 0.3) is 0 Å². The van der Waals surface area contributed by atoms with Crippen LogP contribution in [0.3, 0.4) is 0 Å². The van der Waals surface area contributed by atoms with Crippen LogP contribution in [0.1, 0.15) is 48.4 Å². The lowest BCUT2D eigenvalue weighted by atomic mass is 10.0. The Morgan fingerprint density at radius 2 is 1.97 bits per heavy atom. The average molecular weight is 405 g/mol. The van der Waals surface area contributed by atoms with Crippen molar-refractivity contribution in [3.8, 4) is 0 Å². The summed E-state index contributed by atoms with van der Waals surface area (Å²) in [5.41, 5.74) is 2.79. The lowest BCUT2D eigenvalue weighted by Crippen LogP contribution is -2.33. The van der Waals surface area contributed by atoms with Crippen molar-refractivity contribution in [2.24, 2.45) is 0 Å². The summed E-state index contributed by atoms with van der Waals surface area (Å²) in [4.78, 5) is 14.9. The molecule has 0 radical (unpaired) electrons. The highest BCUT2D eigenvalue weighted by Crippen LogP contribution is 2.31. The molecule has 0 amide bonds. The maximum Gasteiger partial charge on any atom is 0.240 e. The Bertz CT molecular complexity index is 1120. The number of piperidine rings is 1. The topological polar surface area (TPSA) is 70.8 Å². The zero-order chi connectivity index (χ0) is 20.3. The molecule has 1 unspecified atom stereocenters. The molecule has 5 rings (SSSR count). The lowest BCUT2D eigenvalue weighted by molar-refractivity contribution is 0.119. The minimum atomic E-state index is -0.257. The van der Waals surface area contributed by atoms with E-state index in [1.165, 1.54) is 17.7 Å². The van der Waals surface area contributed by atoms with Gasteiger partial charge >= 0.3 is 0 Å². The van der Waals surface area contributed by atoms with E-state index in [0.717, 1.165) is 61.3 Å². The zero-order valence-corrected chi connectivity index (χ0v) is 16.7. The third kappa shape index (κ3) is 4.11. The molecule has 1 fully saturated rings. The molecule has 1 N–H and O–H groups in total. The summed E-state index contributed by atoms with van der Waals surface area (Å²) in [6.07, 6.45) is 4.91. The van der Waals surface area contributed by atoms with Crippen LogP contribution < -0.4 is 0 Å². The average Bonchev–Trinajstić information content (AvgIpc) is 3.40. The zero-order valence-electron chi connectivity index (χ0n) is 16.7. The van der Waals surface area contributed by atoms with Gasteiger partial charge in [-0.3, -0.25) is 4.90 Å². The van der Waals surface area contributed by atoms with Crippen LogP contribution in [0.5, 0.6) is 0 Å². The van der Waals surface area contributed by atoms with Crippen LogP contribution in [-0.4, -0.2) is 31.6 Å². The van der Waals surface area contributed by atoms with Crippen LogP contribution in [0, 0.1) is 5.82 Å². The van der Waals surface area contributed by atoms with Crippen molar-refractivity contribution in [2.45, 2.75) is 44.7 Å². The van der Waals surface area contributed by atoms with Gasteiger partial charge in [0.2, 0.25) is 5.89 Å². The van der Waals surface area contributed by atoms with Crippen molar-refractivity contribution in [1.82, 2.24) is 25.0 Å². The van der Waals surface area contributed by atoms with Crippen LogP contribution in [0.25, 0.3) is 11.0 Å². The molecule has 6 nitrogen and oxygen atoms in total. The number of imidazole rings is 1. The summed E-state index contributed by atoms with van der Waals surface area (Å²) in [5.74, 6) is 1.99. The van der Waals surface area contributed by atoms with Gasteiger partial charge < -0.3 is 9.51 Å². The SMILES string of the molecule is Fc1ccc2nc(C3CCCCN3Cc3nc(CCc4ccccc4)no3)[nH]c2c1. The number of halogens is 1. The second-order valence-corrected chi connectivity index (χ2v) is 7.86. The number of aromatic amines is 1. The molecular weight excluding hydrogens is 381 g/mol. The van der Waals surface area contributed by atoms with Gasteiger partial charge in [-0.25, -0.2) is 9.37 Å². The molecule has 0 saturated carbocycles. The fourth-order valence-corrected chi connectivity index (χ4v) is 4.18. The molecule has 30 heavy (non-hydrogen) atoms. The second kappa shape index (κ2) is 8.36. The summed E-state index contributed by atoms with van der Waals surface area (Å²) < 4.78 is 19.1. The number of rotatable bonds is 6. The highest BCUT2D eigenvalue weighted by atomic mass is 19.1. The van der Waals surface area contributed by atoms with Crippen LogP contribution in [0.15, 0.2) is 53.1 Å². The van der Waals surface area contributed by atoms with E-state index in [-0.39, 0.29) is 11.9 Å². The Kier molecular flexibility index (Phi) is 5.27. The van der Waals surface area contributed by atoms with Crippen LogP contribution in [0.2, 0.25) is 0 Å². The van der Waals surface area contributed by atoms with Crippen LogP contribution in [-0.2, 0) is 19.4 Å². The molecule has 2 aromatic carbocycles. The quantitative estimate of drug-likeness (QED) is 0.508. The lowest BCUT2D eigenvalue weighted by Gasteiger charge is -2.33. The van der Waals surface area contributed by atoms with Crippen LogP contribution >= 0.6 is 0 Å². The number of likely N-dealkylation sites (tertiary alicyclic amines) is 1. The van der Waals surface area contributed by atoms with E-state index in [0.29, 0.717) is 12.4 Å². The molecule has 1 aliphatic rings. The smallest absolute Gasteiger partial charge is 0.240 e. The molecule has 0 bridgehead atoms. The number of aromatic nitrogens is 4. The Morgan fingerprint density at radius 1 is 1.07 bits per heavy atom. The standard InChI is InChI=1S/C23H24FN5O/c24-17-10-11-18-19(14-17)26-23(25-18)20-8-4-5-13-29(20)15-22-27-21(28-30-22)12-9-16-6-2-1-3-7-16/h1-3,6-7,10-11,14,20H,4-5,8-9,12-13,15H2,(H,25,26). The summed E-state index contributed by atoms with van der Waals surface area (Å²) in [7, 11) is 0. The van der Waals surface area contributed by atoms with E-state index in [1.54, 1.807) is 6.07 Å².